The van der Waals surface area contributed by atoms with E-state index in [-0.39, 0.29) is 6.04 Å². The Morgan fingerprint density at radius 3 is 1.83 bits per heavy atom. The average Bonchev–Trinajstić information content (AvgIpc) is 3.60. The zero-order valence-corrected chi connectivity index (χ0v) is 28.8. The topological polar surface area (TPSA) is 56.5 Å². The molecule has 0 bridgehead atoms. The fraction of sp³-hybridized carbons (Fsp3) is 0.0417. The second-order valence-electron chi connectivity index (χ2n) is 13.4. The van der Waals surface area contributed by atoms with Crippen molar-refractivity contribution in [1.82, 2.24) is 24.5 Å². The standard InChI is InChI=1S/C48H33N5/c1-2-12-35(13-3-1)47-48-46(38-14-4-6-16-40(38)52-47)39-15-5-7-19-45(39)53(48)37-26-24-33(25-27-37)32-20-22-34(23-21-32)36-30-43(41-17-8-10-28-49-41)51-44(31-36)42-18-9-11-29-50-42/h1-26,28-31,37H,27H2. The Bertz CT molecular complexity index is 2780. The fourth-order valence-corrected chi connectivity index (χ4v) is 7.72. The number of para-hydroxylation sites is 2. The number of pyridine rings is 4. The summed E-state index contributed by atoms with van der Waals surface area (Å²) in [5.74, 6) is 0. The van der Waals surface area contributed by atoms with Crippen LogP contribution < -0.4 is 0 Å². The van der Waals surface area contributed by atoms with Crippen LogP contribution in [-0.2, 0) is 0 Å². The van der Waals surface area contributed by atoms with Gasteiger partial charge in [-0.05, 0) is 77.2 Å². The summed E-state index contributed by atoms with van der Waals surface area (Å²) in [7, 11) is 0. The molecule has 5 heterocycles. The van der Waals surface area contributed by atoms with Gasteiger partial charge in [-0.1, -0.05) is 121 Å². The number of fused-ring (bicyclic) bond motifs is 5. The van der Waals surface area contributed by atoms with Crippen LogP contribution in [0.15, 0.2) is 182 Å². The molecule has 0 amide bonds. The molecule has 0 spiro atoms. The van der Waals surface area contributed by atoms with E-state index in [0.717, 1.165) is 57.1 Å². The van der Waals surface area contributed by atoms with Gasteiger partial charge in [-0.3, -0.25) is 9.97 Å². The Morgan fingerprint density at radius 1 is 0.509 bits per heavy atom. The zero-order chi connectivity index (χ0) is 35.1. The molecular weight excluding hydrogens is 647 g/mol. The van der Waals surface area contributed by atoms with Gasteiger partial charge in [0.25, 0.3) is 0 Å². The average molecular weight is 680 g/mol. The molecule has 0 N–H and O–H groups in total. The molecule has 250 valence electrons. The third-order valence-electron chi connectivity index (χ3n) is 10.2. The maximum Gasteiger partial charge on any atom is 0.0953 e. The summed E-state index contributed by atoms with van der Waals surface area (Å²) < 4.78 is 2.51. The van der Waals surface area contributed by atoms with E-state index < -0.39 is 0 Å². The van der Waals surface area contributed by atoms with Crippen LogP contribution in [0.5, 0.6) is 0 Å². The number of hydrogen-bond donors (Lipinski definition) is 0. The molecule has 0 aliphatic heterocycles. The first-order chi connectivity index (χ1) is 26.3. The van der Waals surface area contributed by atoms with E-state index >= 15 is 0 Å². The van der Waals surface area contributed by atoms with Crippen LogP contribution in [0.25, 0.3) is 83.4 Å². The maximum atomic E-state index is 5.29. The lowest BCUT2D eigenvalue weighted by Gasteiger charge is -2.22. The minimum Gasteiger partial charge on any atom is -0.331 e. The number of hydrogen-bond acceptors (Lipinski definition) is 4. The van der Waals surface area contributed by atoms with E-state index in [1.54, 1.807) is 12.4 Å². The highest BCUT2D eigenvalue weighted by Crippen LogP contribution is 2.43. The minimum atomic E-state index is 0.137. The van der Waals surface area contributed by atoms with Gasteiger partial charge < -0.3 is 4.57 Å². The Hall–Kier alpha value is -6.98. The van der Waals surface area contributed by atoms with Crippen molar-refractivity contribution in [3.8, 4) is 45.2 Å². The van der Waals surface area contributed by atoms with Crippen LogP contribution >= 0.6 is 0 Å². The number of aromatic nitrogens is 5. The van der Waals surface area contributed by atoms with E-state index in [2.05, 4.69) is 148 Å². The predicted molar refractivity (Wildman–Crippen MR) is 217 cm³/mol. The molecule has 0 radical (unpaired) electrons. The van der Waals surface area contributed by atoms with Crippen LogP contribution in [0.1, 0.15) is 18.0 Å². The van der Waals surface area contributed by atoms with Crippen LogP contribution in [0, 0.1) is 0 Å². The van der Waals surface area contributed by atoms with E-state index in [4.69, 9.17) is 9.97 Å². The highest BCUT2D eigenvalue weighted by atomic mass is 15.0. The van der Waals surface area contributed by atoms with Gasteiger partial charge in [0.05, 0.1) is 45.5 Å². The molecule has 5 aromatic heterocycles. The summed E-state index contributed by atoms with van der Waals surface area (Å²) in [6.45, 7) is 0. The summed E-state index contributed by atoms with van der Waals surface area (Å²) in [6, 6.07) is 52.9. The van der Waals surface area contributed by atoms with Crippen molar-refractivity contribution in [3.05, 3.63) is 188 Å². The molecular formula is C48H33N5. The third kappa shape index (κ3) is 5.51. The lowest BCUT2D eigenvalue weighted by molar-refractivity contribution is 0.649. The quantitative estimate of drug-likeness (QED) is 0.175. The molecule has 1 atom stereocenters. The monoisotopic (exact) mass is 679 g/mol. The van der Waals surface area contributed by atoms with Gasteiger partial charge in [0.1, 0.15) is 0 Å². The molecule has 53 heavy (non-hydrogen) atoms. The summed E-state index contributed by atoms with van der Waals surface area (Å²) >= 11 is 0. The smallest absolute Gasteiger partial charge is 0.0953 e. The van der Waals surface area contributed by atoms with Gasteiger partial charge in [-0.2, -0.15) is 0 Å². The molecule has 4 aromatic carbocycles. The fourth-order valence-electron chi connectivity index (χ4n) is 7.72. The van der Waals surface area contributed by atoms with Gasteiger partial charge >= 0.3 is 0 Å². The molecule has 0 fully saturated rings. The van der Waals surface area contributed by atoms with E-state index in [1.807, 2.05) is 36.4 Å². The Balaban J connectivity index is 1.02. The molecule has 0 saturated carbocycles. The van der Waals surface area contributed by atoms with E-state index in [0.29, 0.717) is 0 Å². The van der Waals surface area contributed by atoms with Gasteiger partial charge in [-0.15, -0.1) is 0 Å². The number of benzene rings is 4. The molecule has 10 rings (SSSR count). The van der Waals surface area contributed by atoms with Crippen molar-refractivity contribution in [2.75, 3.05) is 0 Å². The van der Waals surface area contributed by atoms with Crippen LogP contribution in [0.3, 0.4) is 0 Å². The predicted octanol–water partition coefficient (Wildman–Crippen LogP) is 11.8. The largest absolute Gasteiger partial charge is 0.331 e. The SMILES string of the molecule is C1=CC(n2c3ccccc3c3c4ccccc4nc(-c4ccccc4)c32)CC=C1c1ccc(-c2cc(-c3ccccn3)nc(-c3ccccn3)c2)cc1. The second kappa shape index (κ2) is 13.0. The Labute approximate surface area is 307 Å². The summed E-state index contributed by atoms with van der Waals surface area (Å²) in [5, 5.41) is 3.70. The minimum absolute atomic E-state index is 0.137. The molecule has 1 unspecified atom stereocenters. The second-order valence-corrected chi connectivity index (χ2v) is 13.4. The van der Waals surface area contributed by atoms with Crippen LogP contribution in [0.4, 0.5) is 0 Å². The first-order valence-corrected chi connectivity index (χ1v) is 18.0. The number of allylic oxidation sites excluding steroid dienone is 4. The van der Waals surface area contributed by atoms with Gasteiger partial charge in [0.2, 0.25) is 0 Å². The number of nitrogens with zero attached hydrogens (tertiary/aromatic N) is 5. The Kier molecular flexibility index (Phi) is 7.54. The van der Waals surface area contributed by atoms with Gasteiger partial charge in [0.15, 0.2) is 0 Å². The first-order valence-electron chi connectivity index (χ1n) is 18.0. The van der Waals surface area contributed by atoms with E-state index in [1.165, 1.54) is 38.3 Å². The van der Waals surface area contributed by atoms with Crippen LogP contribution in [0.2, 0.25) is 0 Å². The molecule has 5 nitrogen and oxygen atoms in total. The molecule has 0 saturated heterocycles. The van der Waals surface area contributed by atoms with Crippen molar-refractivity contribution in [2.24, 2.45) is 0 Å². The molecule has 1 aliphatic rings. The zero-order valence-electron chi connectivity index (χ0n) is 28.8. The van der Waals surface area contributed by atoms with Crippen molar-refractivity contribution in [2.45, 2.75) is 12.5 Å². The van der Waals surface area contributed by atoms with Gasteiger partial charge in [0, 0.05) is 39.6 Å². The first kappa shape index (κ1) is 30.8. The molecule has 1 aliphatic carbocycles. The normalized spacial score (nSPS) is 14.2. The maximum absolute atomic E-state index is 5.29. The lowest BCUT2D eigenvalue weighted by atomic mass is 9.94. The van der Waals surface area contributed by atoms with Crippen molar-refractivity contribution in [3.63, 3.8) is 0 Å². The summed E-state index contributed by atoms with van der Waals surface area (Å²) in [5.41, 5.74) is 13.5. The van der Waals surface area contributed by atoms with Crippen molar-refractivity contribution < 1.29 is 0 Å². The lowest BCUT2D eigenvalue weighted by Crippen LogP contribution is -2.09. The summed E-state index contributed by atoms with van der Waals surface area (Å²) in [4.78, 5) is 19.4. The van der Waals surface area contributed by atoms with E-state index in [9.17, 15) is 0 Å². The highest BCUT2D eigenvalue weighted by molar-refractivity contribution is 6.23. The summed E-state index contributed by atoms with van der Waals surface area (Å²) in [6.07, 6.45) is 11.5. The number of rotatable bonds is 6. The van der Waals surface area contributed by atoms with Crippen LogP contribution in [-0.4, -0.2) is 24.5 Å². The molecule has 9 aromatic rings. The van der Waals surface area contributed by atoms with Gasteiger partial charge in [-0.25, -0.2) is 9.97 Å². The van der Waals surface area contributed by atoms with Crippen molar-refractivity contribution in [1.29, 1.82) is 0 Å². The Morgan fingerprint density at radius 2 is 1.15 bits per heavy atom. The van der Waals surface area contributed by atoms with Crippen molar-refractivity contribution >= 4 is 38.3 Å². The highest BCUT2D eigenvalue weighted by Gasteiger charge is 2.24. The third-order valence-corrected chi connectivity index (χ3v) is 10.2. The molecule has 5 heteroatoms.